The first-order chi connectivity index (χ1) is 8.69. The summed E-state index contributed by atoms with van der Waals surface area (Å²) in [5.41, 5.74) is 3.94. The van der Waals surface area contributed by atoms with Gasteiger partial charge >= 0.3 is 116 Å². The zero-order valence-electron chi connectivity index (χ0n) is 10.3. The molecule has 0 spiro atoms. The van der Waals surface area contributed by atoms with Crippen molar-refractivity contribution in [2.75, 3.05) is 13.1 Å². The number of nitrogens with zero attached hydrogens (tertiary/aromatic N) is 1. The van der Waals surface area contributed by atoms with E-state index in [9.17, 15) is 4.79 Å². The van der Waals surface area contributed by atoms with E-state index >= 15 is 0 Å². The van der Waals surface area contributed by atoms with Gasteiger partial charge in [0.1, 0.15) is 0 Å². The Balaban J connectivity index is 1.99. The zero-order chi connectivity index (χ0) is 13.0. The minimum absolute atomic E-state index is 0.622. The van der Waals surface area contributed by atoms with E-state index in [1.54, 1.807) is 16.9 Å². The van der Waals surface area contributed by atoms with Crippen LogP contribution in [-0.2, 0) is 5.21 Å². The maximum absolute atomic E-state index is 10.8. The molecule has 1 aliphatic heterocycles. The number of likely N-dealkylation sites (tertiary alicyclic amines) is 1. The number of benzene rings is 1. The molecule has 1 aromatic carbocycles. The third kappa shape index (κ3) is 3.39. The molecular weight excluding hydrogens is 289 g/mol. The molecule has 18 heavy (non-hydrogen) atoms. The molecule has 1 atom stereocenters. The van der Waals surface area contributed by atoms with Gasteiger partial charge in [-0.15, -0.1) is 0 Å². The van der Waals surface area contributed by atoms with Crippen molar-refractivity contribution >= 4 is 29.0 Å². The van der Waals surface area contributed by atoms with Gasteiger partial charge in [0.2, 0.25) is 0 Å². The van der Waals surface area contributed by atoms with Gasteiger partial charge in [0, 0.05) is 0 Å². The van der Waals surface area contributed by atoms with Crippen LogP contribution in [0.1, 0.15) is 24.0 Å². The predicted molar refractivity (Wildman–Crippen MR) is 75.5 cm³/mol. The van der Waals surface area contributed by atoms with Gasteiger partial charge in [-0.3, -0.25) is 0 Å². The Labute approximate surface area is 116 Å². The van der Waals surface area contributed by atoms with E-state index in [2.05, 4.69) is 30.3 Å². The number of amides is 1. The van der Waals surface area contributed by atoms with Gasteiger partial charge in [0.15, 0.2) is 0 Å². The number of hydrogen-bond acceptors (Lipinski definition) is 1. The standard InChI is InChI=1S/C14H18AsNO2/c15-10-13-3-1-11(2-4-13)9-12-5-7-16(8-6-12)14(17)18/h1-4,9H,5-8,10,15H2,(H,17,18). The summed E-state index contributed by atoms with van der Waals surface area (Å²) >= 11 is 1.72. The van der Waals surface area contributed by atoms with Crippen LogP contribution in [0.15, 0.2) is 29.8 Å². The Bertz CT molecular complexity index is 443. The van der Waals surface area contributed by atoms with Crippen molar-refractivity contribution in [3.05, 3.63) is 41.0 Å². The van der Waals surface area contributed by atoms with Crippen LogP contribution in [0, 0.1) is 0 Å². The second-order valence-corrected chi connectivity index (χ2v) is 5.37. The molecule has 1 aliphatic rings. The summed E-state index contributed by atoms with van der Waals surface area (Å²) in [7, 11) is 0. The fourth-order valence-electron chi connectivity index (χ4n) is 2.12. The van der Waals surface area contributed by atoms with Crippen LogP contribution < -0.4 is 0 Å². The third-order valence-corrected chi connectivity index (χ3v) is 4.25. The number of carbonyl (C=O) groups is 1. The van der Waals surface area contributed by atoms with E-state index in [0.29, 0.717) is 13.1 Å². The van der Waals surface area contributed by atoms with Crippen molar-refractivity contribution in [3.63, 3.8) is 0 Å². The van der Waals surface area contributed by atoms with Gasteiger partial charge in [0.25, 0.3) is 0 Å². The van der Waals surface area contributed by atoms with Crippen LogP contribution in [0.5, 0.6) is 0 Å². The van der Waals surface area contributed by atoms with E-state index in [-0.39, 0.29) is 0 Å². The molecule has 1 saturated heterocycles. The van der Waals surface area contributed by atoms with Gasteiger partial charge in [-0.1, -0.05) is 0 Å². The van der Waals surface area contributed by atoms with Crippen molar-refractivity contribution in [2.24, 2.45) is 0 Å². The van der Waals surface area contributed by atoms with Crippen molar-refractivity contribution < 1.29 is 9.90 Å². The second-order valence-electron chi connectivity index (χ2n) is 4.52. The van der Waals surface area contributed by atoms with Crippen LogP contribution in [0.4, 0.5) is 4.79 Å². The van der Waals surface area contributed by atoms with Crippen LogP contribution in [-0.4, -0.2) is 46.0 Å². The normalized spacial score (nSPS) is 15.6. The van der Waals surface area contributed by atoms with Crippen molar-refractivity contribution in [3.8, 4) is 0 Å². The Morgan fingerprint density at radius 2 is 1.89 bits per heavy atom. The molecule has 3 nitrogen and oxygen atoms in total. The molecule has 96 valence electrons. The molecule has 0 saturated carbocycles. The van der Waals surface area contributed by atoms with Gasteiger partial charge in [-0.05, 0) is 0 Å². The first-order valence-corrected chi connectivity index (χ1v) is 7.86. The van der Waals surface area contributed by atoms with Crippen molar-refractivity contribution in [1.82, 2.24) is 4.90 Å². The molecule has 1 amide bonds. The molecule has 4 heteroatoms. The molecule has 1 N–H and O–H groups in total. The quantitative estimate of drug-likeness (QED) is 0.849. The van der Waals surface area contributed by atoms with Crippen LogP contribution in [0.2, 0.25) is 0 Å². The van der Waals surface area contributed by atoms with E-state index in [1.807, 2.05) is 0 Å². The van der Waals surface area contributed by atoms with Gasteiger partial charge in [0.05, 0.1) is 0 Å². The van der Waals surface area contributed by atoms with Crippen LogP contribution >= 0.6 is 0 Å². The number of rotatable bonds is 2. The Hall–Kier alpha value is -1.21. The van der Waals surface area contributed by atoms with Crippen molar-refractivity contribution in [1.29, 1.82) is 0 Å². The first kappa shape index (κ1) is 13.2. The second kappa shape index (κ2) is 6.10. The molecular formula is C14H18AsNO2. The molecule has 1 unspecified atom stereocenters. The van der Waals surface area contributed by atoms with Gasteiger partial charge < -0.3 is 0 Å². The molecule has 1 aromatic rings. The monoisotopic (exact) mass is 307 g/mol. The summed E-state index contributed by atoms with van der Waals surface area (Å²) in [6.07, 6.45) is 3.10. The molecule has 0 radical (unpaired) electrons. The van der Waals surface area contributed by atoms with Gasteiger partial charge in [-0.2, -0.15) is 0 Å². The fraction of sp³-hybridized carbons (Fsp3) is 0.357. The van der Waals surface area contributed by atoms with Gasteiger partial charge in [-0.25, -0.2) is 0 Å². The maximum atomic E-state index is 10.8. The Kier molecular flexibility index (Phi) is 4.48. The van der Waals surface area contributed by atoms with Crippen LogP contribution in [0.25, 0.3) is 6.08 Å². The molecule has 0 aromatic heterocycles. The summed E-state index contributed by atoms with van der Waals surface area (Å²) in [6, 6.07) is 8.62. The molecule has 2 rings (SSSR count). The number of piperidine rings is 1. The summed E-state index contributed by atoms with van der Waals surface area (Å²) in [4.78, 5) is 12.3. The van der Waals surface area contributed by atoms with Crippen LogP contribution in [0.3, 0.4) is 0 Å². The SMILES string of the molecule is O=C(O)N1CCC(=Cc2ccc(C[AsH2])cc2)CC1. The van der Waals surface area contributed by atoms with E-state index in [0.717, 1.165) is 18.1 Å². The third-order valence-electron chi connectivity index (χ3n) is 3.26. The minimum atomic E-state index is -0.803. The van der Waals surface area contributed by atoms with E-state index in [1.165, 1.54) is 21.6 Å². The summed E-state index contributed by atoms with van der Waals surface area (Å²) in [5, 5.41) is 10.0. The number of carboxylic acid groups (broad SMARTS) is 1. The van der Waals surface area contributed by atoms with E-state index < -0.39 is 6.09 Å². The average molecular weight is 307 g/mol. The topological polar surface area (TPSA) is 40.5 Å². The van der Waals surface area contributed by atoms with Crippen molar-refractivity contribution in [2.45, 2.75) is 18.1 Å². The molecule has 0 aliphatic carbocycles. The average Bonchev–Trinajstić information content (AvgIpc) is 2.40. The summed E-state index contributed by atoms with van der Waals surface area (Å²) < 4.78 is 0. The Morgan fingerprint density at radius 3 is 2.39 bits per heavy atom. The first-order valence-electron chi connectivity index (χ1n) is 6.15. The molecule has 1 heterocycles. The number of hydrogen-bond donors (Lipinski definition) is 1. The molecule has 0 bridgehead atoms. The fourth-order valence-corrected chi connectivity index (χ4v) is 2.69. The predicted octanol–water partition coefficient (Wildman–Crippen LogP) is 1.98. The summed E-state index contributed by atoms with van der Waals surface area (Å²) in [6.45, 7) is 1.24. The summed E-state index contributed by atoms with van der Waals surface area (Å²) in [5.74, 6) is 0. The zero-order valence-corrected chi connectivity index (χ0v) is 12.7. The van der Waals surface area contributed by atoms with E-state index in [4.69, 9.17) is 5.11 Å². The Morgan fingerprint density at radius 1 is 1.28 bits per heavy atom. The molecule has 1 fully saturated rings.